The fourth-order valence-electron chi connectivity index (χ4n) is 5.62. The van der Waals surface area contributed by atoms with Gasteiger partial charge in [-0.25, -0.2) is 0 Å². The van der Waals surface area contributed by atoms with Crippen LogP contribution in [0.4, 0.5) is 11.7 Å². The maximum absolute atomic E-state index is 13.4. The van der Waals surface area contributed by atoms with Crippen LogP contribution in [0.1, 0.15) is 43.2 Å². The maximum atomic E-state index is 13.4. The molecule has 1 aliphatic carbocycles. The van der Waals surface area contributed by atoms with E-state index in [4.69, 9.17) is 18.6 Å². The summed E-state index contributed by atoms with van der Waals surface area (Å²) in [7, 11) is 3.12. The van der Waals surface area contributed by atoms with Crippen molar-refractivity contribution < 1.29 is 28.2 Å². The molecule has 2 atom stereocenters. The van der Waals surface area contributed by atoms with Gasteiger partial charge in [-0.1, -0.05) is 24.3 Å². The van der Waals surface area contributed by atoms with Gasteiger partial charge in [-0.05, 0) is 68.4 Å². The molecule has 3 aromatic rings. The monoisotopic (exact) mass is 535 g/mol. The number of nitrogens with zero attached hydrogens (tertiary/aromatic N) is 2. The molecule has 1 aliphatic heterocycles. The van der Waals surface area contributed by atoms with Crippen LogP contribution in [0.5, 0.6) is 0 Å². The minimum absolute atomic E-state index is 0.00978. The number of hydrogen-bond acceptors (Lipinski definition) is 8. The number of likely N-dealkylation sites (tertiary alicyclic amines) is 1. The summed E-state index contributed by atoms with van der Waals surface area (Å²) >= 11 is 0. The highest BCUT2D eigenvalue weighted by molar-refractivity contribution is 5.82. The number of ether oxygens (including phenoxy) is 3. The largest absolute Gasteiger partial charge is 0.469 e. The molecule has 0 unspecified atom stereocenters. The van der Waals surface area contributed by atoms with Crippen molar-refractivity contribution in [3.05, 3.63) is 53.6 Å². The summed E-state index contributed by atoms with van der Waals surface area (Å²) < 4.78 is 22.7. The van der Waals surface area contributed by atoms with Gasteiger partial charge in [-0.2, -0.15) is 4.98 Å². The highest BCUT2D eigenvalue weighted by Crippen LogP contribution is 2.29. The van der Waals surface area contributed by atoms with Gasteiger partial charge in [0.25, 0.3) is 6.01 Å². The van der Waals surface area contributed by atoms with E-state index in [0.29, 0.717) is 24.7 Å². The lowest BCUT2D eigenvalue weighted by molar-refractivity contribution is -0.148. The number of carbonyl (C=O) groups is 2. The minimum Gasteiger partial charge on any atom is -0.469 e. The summed E-state index contributed by atoms with van der Waals surface area (Å²) in [6.45, 7) is 3.04. The number of aryl methyl sites for hydroxylation is 1. The van der Waals surface area contributed by atoms with Gasteiger partial charge in [0.15, 0.2) is 5.58 Å². The third-order valence-corrected chi connectivity index (χ3v) is 7.96. The predicted molar refractivity (Wildman–Crippen MR) is 147 cm³/mol. The van der Waals surface area contributed by atoms with E-state index in [9.17, 15) is 9.59 Å². The van der Waals surface area contributed by atoms with E-state index < -0.39 is 0 Å². The number of fused-ring (bicyclic) bond motifs is 1. The van der Waals surface area contributed by atoms with E-state index in [2.05, 4.69) is 10.3 Å². The molecule has 0 spiro atoms. The lowest BCUT2D eigenvalue weighted by Crippen LogP contribution is -2.40. The standard InChI is InChI=1S/C30H37N3O6/c1-19-6-4-5-7-25(19)31-30-32-26-13-8-20(14-27(26)39-30)15-28(34)33-17-24(36-2)16-22(33)18-38-23-11-9-21(10-12-23)29(35)37-3/h4-8,13-14,21-24H,9-12,15-18H2,1-3H3,(H,31,32)/t21?,22-,23?,24-/m0/s1. The Labute approximate surface area is 228 Å². The molecule has 2 heterocycles. The van der Waals surface area contributed by atoms with Gasteiger partial charge in [0, 0.05) is 19.3 Å². The molecule has 1 saturated carbocycles. The number of esters is 1. The highest BCUT2D eigenvalue weighted by atomic mass is 16.5. The van der Waals surface area contributed by atoms with Gasteiger partial charge in [0.05, 0.1) is 44.3 Å². The molecule has 208 valence electrons. The van der Waals surface area contributed by atoms with Crippen LogP contribution in [0.3, 0.4) is 0 Å². The number of hydrogen-bond donors (Lipinski definition) is 1. The van der Waals surface area contributed by atoms with Crippen LogP contribution < -0.4 is 5.32 Å². The average Bonchev–Trinajstić information content (AvgIpc) is 3.56. The van der Waals surface area contributed by atoms with Crippen molar-refractivity contribution >= 4 is 34.7 Å². The Morgan fingerprint density at radius 2 is 1.87 bits per heavy atom. The zero-order valence-corrected chi connectivity index (χ0v) is 22.9. The lowest BCUT2D eigenvalue weighted by atomic mass is 9.87. The van der Waals surface area contributed by atoms with Crippen LogP contribution in [0.15, 0.2) is 46.9 Å². The van der Waals surface area contributed by atoms with E-state index in [1.54, 1.807) is 7.11 Å². The Balaban J connectivity index is 1.19. The third-order valence-electron chi connectivity index (χ3n) is 7.96. The van der Waals surface area contributed by atoms with Crippen molar-refractivity contribution in [3.8, 4) is 0 Å². The lowest BCUT2D eigenvalue weighted by Gasteiger charge is -2.30. The van der Waals surface area contributed by atoms with Crippen molar-refractivity contribution in [1.29, 1.82) is 0 Å². The first-order valence-electron chi connectivity index (χ1n) is 13.7. The van der Waals surface area contributed by atoms with E-state index in [1.807, 2.05) is 54.3 Å². The first-order valence-corrected chi connectivity index (χ1v) is 13.7. The van der Waals surface area contributed by atoms with Gasteiger partial charge >= 0.3 is 5.97 Å². The van der Waals surface area contributed by atoms with Crippen LogP contribution in [0, 0.1) is 12.8 Å². The molecule has 9 heteroatoms. The van der Waals surface area contributed by atoms with E-state index in [1.165, 1.54) is 7.11 Å². The number of oxazole rings is 1. The summed E-state index contributed by atoms with van der Waals surface area (Å²) in [4.78, 5) is 31.6. The van der Waals surface area contributed by atoms with E-state index in [0.717, 1.165) is 54.4 Å². The number of rotatable bonds is 9. The number of carbonyl (C=O) groups excluding carboxylic acids is 2. The van der Waals surface area contributed by atoms with Crippen molar-refractivity contribution in [2.24, 2.45) is 5.92 Å². The van der Waals surface area contributed by atoms with Crippen LogP contribution in [0.25, 0.3) is 11.1 Å². The Morgan fingerprint density at radius 3 is 2.62 bits per heavy atom. The second-order valence-electron chi connectivity index (χ2n) is 10.6. The Bertz CT molecular complexity index is 1300. The van der Waals surface area contributed by atoms with Crippen molar-refractivity contribution in [1.82, 2.24) is 9.88 Å². The van der Waals surface area contributed by atoms with Gasteiger partial charge < -0.3 is 28.8 Å². The molecular weight excluding hydrogens is 498 g/mol. The molecular formula is C30H37N3O6. The van der Waals surface area contributed by atoms with Gasteiger partial charge in [-0.3, -0.25) is 9.59 Å². The first kappa shape index (κ1) is 27.1. The van der Waals surface area contributed by atoms with Gasteiger partial charge in [-0.15, -0.1) is 0 Å². The molecule has 0 radical (unpaired) electrons. The van der Waals surface area contributed by atoms with Crippen molar-refractivity contribution in [2.75, 3.05) is 32.7 Å². The maximum Gasteiger partial charge on any atom is 0.308 e. The Kier molecular flexibility index (Phi) is 8.47. The zero-order valence-electron chi connectivity index (χ0n) is 22.9. The topological polar surface area (TPSA) is 103 Å². The highest BCUT2D eigenvalue weighted by Gasteiger charge is 2.36. The first-order chi connectivity index (χ1) is 18.9. The molecule has 1 aromatic heterocycles. The van der Waals surface area contributed by atoms with Crippen molar-refractivity contribution in [2.45, 2.75) is 63.7 Å². The Hall–Kier alpha value is -3.43. The van der Waals surface area contributed by atoms with Crippen LogP contribution >= 0.6 is 0 Å². The predicted octanol–water partition coefficient (Wildman–Crippen LogP) is 4.79. The molecule has 5 rings (SSSR count). The fraction of sp³-hybridized carbons (Fsp3) is 0.500. The summed E-state index contributed by atoms with van der Waals surface area (Å²) in [6, 6.07) is 14.0. The molecule has 2 fully saturated rings. The van der Waals surface area contributed by atoms with Crippen LogP contribution in [-0.2, 0) is 30.2 Å². The molecule has 0 bridgehead atoms. The number of amides is 1. The number of aromatic nitrogens is 1. The second kappa shape index (κ2) is 12.2. The smallest absolute Gasteiger partial charge is 0.308 e. The van der Waals surface area contributed by atoms with Gasteiger partial charge in [0.1, 0.15) is 5.52 Å². The molecule has 2 aliphatic rings. The second-order valence-corrected chi connectivity index (χ2v) is 10.6. The SMILES string of the molecule is COC(=O)C1CCC(OC[C@@H]2C[C@H](OC)CN2C(=O)Cc2ccc3nc(Nc4ccccc4C)oc3c2)CC1. The van der Waals surface area contributed by atoms with Gasteiger partial charge in [0.2, 0.25) is 5.91 Å². The molecule has 1 N–H and O–H groups in total. The number of nitrogens with one attached hydrogen (secondary N) is 1. The van der Waals surface area contributed by atoms with Crippen molar-refractivity contribution in [3.63, 3.8) is 0 Å². The molecule has 1 saturated heterocycles. The quantitative estimate of drug-likeness (QED) is 0.390. The summed E-state index contributed by atoms with van der Waals surface area (Å²) in [5.41, 5.74) is 4.27. The number of anilines is 2. The number of para-hydroxylation sites is 1. The number of methoxy groups -OCH3 is 2. The summed E-state index contributed by atoms with van der Waals surface area (Å²) in [6.07, 6.45) is 4.29. The van der Waals surface area contributed by atoms with Crippen LogP contribution in [0.2, 0.25) is 0 Å². The Morgan fingerprint density at radius 1 is 1.08 bits per heavy atom. The normalized spacial score (nSPS) is 23.2. The average molecular weight is 536 g/mol. The number of benzene rings is 2. The minimum atomic E-state index is -0.133. The van der Waals surface area contributed by atoms with E-state index >= 15 is 0 Å². The molecule has 9 nitrogen and oxygen atoms in total. The molecule has 39 heavy (non-hydrogen) atoms. The van der Waals surface area contributed by atoms with E-state index in [-0.39, 0.29) is 42.5 Å². The zero-order chi connectivity index (χ0) is 27.4. The third kappa shape index (κ3) is 6.42. The van der Waals surface area contributed by atoms with Crippen LogP contribution in [-0.4, -0.2) is 67.4 Å². The molecule has 2 aromatic carbocycles. The fourth-order valence-corrected chi connectivity index (χ4v) is 5.62. The molecule has 1 amide bonds. The summed E-state index contributed by atoms with van der Waals surface area (Å²) in [5.74, 6) is -0.130. The summed E-state index contributed by atoms with van der Waals surface area (Å²) in [5, 5.41) is 3.23.